The molecule has 0 radical (unpaired) electrons. The number of amides is 1. The Labute approximate surface area is 724 Å². The van der Waals surface area contributed by atoms with Gasteiger partial charge in [0.15, 0.2) is 6.10 Å². The number of carbonyl (C=O) groups is 9. The Balaban J connectivity index is 5.86. The highest BCUT2D eigenvalue weighted by molar-refractivity contribution is 5.75. The fourth-order valence-corrected chi connectivity index (χ4v) is 16.1. The lowest BCUT2D eigenvalue weighted by atomic mass is 9.94. The number of unbranched alkanes of at least 4 members (excludes halogenated alkanes) is 51. The quantitative estimate of drug-likeness (QED) is 0.0215. The molecule has 0 spiro atoms. The van der Waals surface area contributed by atoms with Crippen molar-refractivity contribution in [3.05, 3.63) is 0 Å². The first-order chi connectivity index (χ1) is 57.6. The molecule has 0 fully saturated rings. The van der Waals surface area contributed by atoms with E-state index in [1.54, 1.807) is 7.05 Å². The van der Waals surface area contributed by atoms with Crippen molar-refractivity contribution in [2.24, 2.45) is 11.8 Å². The fourth-order valence-electron chi connectivity index (χ4n) is 16.1. The highest BCUT2D eigenvalue weighted by Crippen LogP contribution is 2.26. The van der Waals surface area contributed by atoms with E-state index < -0.39 is 80.8 Å². The Hall–Kier alpha value is -5.13. The van der Waals surface area contributed by atoms with E-state index >= 15 is 0 Å². The van der Waals surface area contributed by atoms with Gasteiger partial charge in [0.1, 0.15) is 13.2 Å². The monoisotopic (exact) mass is 1690 g/mol. The summed E-state index contributed by atoms with van der Waals surface area (Å²) in [6.45, 7) is 6.86. The third-order valence-corrected chi connectivity index (χ3v) is 23.6. The number of carbonyl (C=O) groups excluding carboxylic acids is 4. The van der Waals surface area contributed by atoms with Crippen LogP contribution >= 0.6 is 0 Å². The van der Waals surface area contributed by atoms with Crippen LogP contribution in [-0.2, 0) is 57.3 Å². The van der Waals surface area contributed by atoms with E-state index in [9.17, 15) is 68.7 Å². The van der Waals surface area contributed by atoms with Gasteiger partial charge in [0.25, 0.3) is 0 Å². The zero-order valence-electron chi connectivity index (χ0n) is 77.0. The molecule has 2 atom stereocenters. The standard InChI is InChI=1S/C96H181N5O18/c1-7-11-15-19-23-27-31-35-39-45-51-57-64-84(65-58-52-46-40-36-32-28-24-20-16-12-8-2)94(113)118-83-87(119-95(114)85(66-59-53-47-41-37-33-29-25-21-17-13-9-3)67-60-54-48-42-38-34-30-26-22-18-14-10-4)82-117-93(112)69-61-55-49-43-44-50-56-62-70-97(5)71-72-98(6)96(115)116-75-63-68-86(101(80-91(108)109)81-92(110)111)76-99(77-88(102)103)73-74-100(78-89(104)105)79-90(106)107/h84-87H,7-83H2,1-6H3,(H,102,103)(H,104,105)(H,106,107)(H,108,109)(H,110,111). The van der Waals surface area contributed by atoms with Gasteiger partial charge in [0.05, 0.1) is 51.2 Å². The summed E-state index contributed by atoms with van der Waals surface area (Å²) in [5, 5.41) is 47.6. The SMILES string of the molecule is CCCCCCCCCCCCCCC(CCCCCCCCCCCCCC)C(=O)OCC(COC(=O)CCCCCCCCCCN(C)CCN(C)C(=O)OCCCC(CN(CCN(CC(=O)O)CC(=O)O)CC(=O)O)N(CC(=O)O)CC(=O)O)OC(=O)C(CCCCCCCCCCCCCC)CCCCCCCCCCCCCC. The van der Waals surface area contributed by atoms with E-state index in [0.717, 1.165) is 133 Å². The van der Waals surface area contributed by atoms with Gasteiger partial charge in [-0.15, -0.1) is 0 Å². The number of esters is 3. The van der Waals surface area contributed by atoms with Gasteiger partial charge in [0.2, 0.25) is 0 Å². The molecule has 119 heavy (non-hydrogen) atoms. The van der Waals surface area contributed by atoms with Crippen molar-refractivity contribution >= 4 is 53.8 Å². The fraction of sp³-hybridized carbons (Fsp3) is 0.906. The highest BCUT2D eigenvalue weighted by atomic mass is 16.6. The molecule has 0 heterocycles. The van der Waals surface area contributed by atoms with Crippen molar-refractivity contribution in [2.45, 2.75) is 444 Å². The van der Waals surface area contributed by atoms with Crippen LogP contribution < -0.4 is 0 Å². The van der Waals surface area contributed by atoms with Crippen LogP contribution in [0.15, 0.2) is 0 Å². The Morgan fingerprint density at radius 1 is 0.286 bits per heavy atom. The third kappa shape index (κ3) is 76.3. The van der Waals surface area contributed by atoms with E-state index in [-0.39, 0.29) is 88.5 Å². The number of hydrogen-bond acceptors (Lipinski definition) is 17. The summed E-state index contributed by atoms with van der Waals surface area (Å²) < 4.78 is 24.1. The van der Waals surface area contributed by atoms with Crippen molar-refractivity contribution < 1.29 is 87.6 Å². The highest BCUT2D eigenvalue weighted by Gasteiger charge is 2.30. The number of carboxylic acids is 5. The second-order valence-corrected chi connectivity index (χ2v) is 35.0. The molecular weight excluding hydrogens is 1510 g/mol. The van der Waals surface area contributed by atoms with Crippen molar-refractivity contribution in [1.29, 1.82) is 0 Å². The van der Waals surface area contributed by atoms with Gasteiger partial charge < -0.3 is 54.3 Å². The molecule has 1 amide bonds. The molecule has 0 aliphatic rings. The van der Waals surface area contributed by atoms with Crippen molar-refractivity contribution in [3.63, 3.8) is 0 Å². The number of ether oxygens (including phenoxy) is 4. The van der Waals surface area contributed by atoms with Gasteiger partial charge in [-0.1, -0.05) is 374 Å². The molecule has 0 aromatic heterocycles. The zero-order chi connectivity index (χ0) is 87.7. The molecule has 5 N–H and O–H groups in total. The minimum absolute atomic E-state index is 0.0968. The number of nitrogens with zero attached hydrogens (tertiary/aromatic N) is 5. The van der Waals surface area contributed by atoms with Crippen molar-refractivity contribution in [1.82, 2.24) is 24.5 Å². The summed E-state index contributed by atoms with van der Waals surface area (Å²) in [4.78, 5) is 121. The van der Waals surface area contributed by atoms with Gasteiger partial charge >= 0.3 is 53.8 Å². The second-order valence-electron chi connectivity index (χ2n) is 35.0. The maximum atomic E-state index is 14.6. The summed E-state index contributed by atoms with van der Waals surface area (Å²) in [6.07, 6.45) is 70.1. The predicted octanol–water partition coefficient (Wildman–Crippen LogP) is 22.6. The molecular formula is C96H181N5O18. The van der Waals surface area contributed by atoms with E-state index in [2.05, 4.69) is 32.6 Å². The summed E-state index contributed by atoms with van der Waals surface area (Å²) in [5.41, 5.74) is 0. The molecule has 0 bridgehead atoms. The van der Waals surface area contributed by atoms with E-state index in [1.165, 1.54) is 272 Å². The van der Waals surface area contributed by atoms with Gasteiger partial charge in [0, 0.05) is 52.2 Å². The summed E-state index contributed by atoms with van der Waals surface area (Å²) in [6, 6.07) is -0.853. The van der Waals surface area contributed by atoms with Crippen LogP contribution in [0.1, 0.15) is 432 Å². The second kappa shape index (κ2) is 83.8. The molecule has 0 aliphatic heterocycles. The number of carboxylic acid groups (broad SMARTS) is 5. The van der Waals surface area contributed by atoms with Gasteiger partial charge in [-0.25, -0.2) is 4.79 Å². The first-order valence-corrected chi connectivity index (χ1v) is 49.0. The number of aliphatic carboxylic acids is 5. The van der Waals surface area contributed by atoms with Crippen LogP contribution in [0.5, 0.6) is 0 Å². The zero-order valence-corrected chi connectivity index (χ0v) is 77.0. The predicted molar refractivity (Wildman–Crippen MR) is 480 cm³/mol. The van der Waals surface area contributed by atoms with Crippen LogP contribution in [0, 0.1) is 11.8 Å². The molecule has 2 unspecified atom stereocenters. The van der Waals surface area contributed by atoms with E-state index in [4.69, 9.17) is 18.9 Å². The minimum Gasteiger partial charge on any atom is -0.480 e. The smallest absolute Gasteiger partial charge is 0.409 e. The lowest BCUT2D eigenvalue weighted by molar-refractivity contribution is -0.171. The lowest BCUT2D eigenvalue weighted by Crippen LogP contribution is -2.50. The molecule has 0 saturated carbocycles. The molecule has 23 heteroatoms. The van der Waals surface area contributed by atoms with Crippen LogP contribution in [0.25, 0.3) is 0 Å². The summed E-state index contributed by atoms with van der Waals surface area (Å²) in [5.74, 6) is -7.77. The molecule has 0 saturated heterocycles. The van der Waals surface area contributed by atoms with Crippen LogP contribution in [0.4, 0.5) is 4.79 Å². The van der Waals surface area contributed by atoms with E-state index in [1.807, 2.05) is 7.05 Å². The largest absolute Gasteiger partial charge is 0.480 e. The molecule has 698 valence electrons. The van der Waals surface area contributed by atoms with Crippen LogP contribution in [0.2, 0.25) is 0 Å². The average molecular weight is 1690 g/mol. The third-order valence-electron chi connectivity index (χ3n) is 23.6. The van der Waals surface area contributed by atoms with Crippen molar-refractivity contribution in [2.75, 3.05) is 106 Å². The molecule has 0 aromatic rings. The van der Waals surface area contributed by atoms with Crippen LogP contribution in [-0.4, -0.2) is 222 Å². The van der Waals surface area contributed by atoms with Gasteiger partial charge in [-0.2, -0.15) is 0 Å². The minimum atomic E-state index is -1.32. The molecule has 23 nitrogen and oxygen atoms in total. The van der Waals surface area contributed by atoms with Crippen LogP contribution in [0.3, 0.4) is 0 Å². The lowest BCUT2D eigenvalue weighted by Gasteiger charge is -2.34. The molecule has 0 aromatic carbocycles. The maximum Gasteiger partial charge on any atom is 0.409 e. The Bertz CT molecular complexity index is 2360. The maximum absolute atomic E-state index is 14.6. The Morgan fingerprint density at radius 2 is 0.588 bits per heavy atom. The molecule has 0 aliphatic carbocycles. The topological polar surface area (TPSA) is 308 Å². The first-order valence-electron chi connectivity index (χ1n) is 49.0. The number of likely N-dealkylation sites (N-methyl/N-ethyl adjacent to an activating group) is 2. The van der Waals surface area contributed by atoms with Gasteiger partial charge in [-0.05, 0) is 65.0 Å². The summed E-state index contributed by atoms with van der Waals surface area (Å²) >= 11 is 0. The normalized spacial score (nSPS) is 12.2. The Morgan fingerprint density at radius 3 is 0.941 bits per heavy atom. The molecule has 0 rings (SSSR count). The van der Waals surface area contributed by atoms with Gasteiger partial charge in [-0.3, -0.25) is 53.1 Å². The first kappa shape index (κ1) is 114. The van der Waals surface area contributed by atoms with Crippen molar-refractivity contribution in [3.8, 4) is 0 Å². The number of hydrogen-bond donors (Lipinski definition) is 5. The average Bonchev–Trinajstić information content (AvgIpc) is 0.875. The van der Waals surface area contributed by atoms with E-state index in [0.29, 0.717) is 19.5 Å². The summed E-state index contributed by atoms with van der Waals surface area (Å²) in [7, 11) is 3.61. The Kier molecular flexibility index (Phi) is 80.1. The number of rotatable bonds is 93.